The topological polar surface area (TPSA) is 55.4 Å². The maximum atomic E-state index is 11.7. The van der Waals surface area contributed by atoms with Gasteiger partial charge in [-0.25, -0.2) is 8.42 Å². The van der Waals surface area contributed by atoms with Gasteiger partial charge in [0.1, 0.15) is 0 Å². The molecule has 0 saturated carbocycles. The molecular formula is C15H29NO3S. The molecule has 118 valence electrons. The first-order chi connectivity index (χ1) is 9.61. The van der Waals surface area contributed by atoms with E-state index in [0.717, 1.165) is 57.9 Å². The van der Waals surface area contributed by atoms with Gasteiger partial charge in [-0.2, -0.15) is 0 Å². The van der Waals surface area contributed by atoms with Crippen molar-refractivity contribution in [3.8, 4) is 0 Å². The van der Waals surface area contributed by atoms with Crippen LogP contribution in [0.5, 0.6) is 0 Å². The summed E-state index contributed by atoms with van der Waals surface area (Å²) in [6, 6.07) is 0. The van der Waals surface area contributed by atoms with Gasteiger partial charge in [0.15, 0.2) is 9.84 Å². The van der Waals surface area contributed by atoms with E-state index in [-0.39, 0.29) is 0 Å². The Bertz CT molecular complexity index is 377. The highest BCUT2D eigenvalue weighted by atomic mass is 32.2. The van der Waals surface area contributed by atoms with Crippen LogP contribution in [0.4, 0.5) is 0 Å². The molecule has 2 heterocycles. The molecule has 2 atom stereocenters. The van der Waals surface area contributed by atoms with Crippen LogP contribution in [0.3, 0.4) is 0 Å². The van der Waals surface area contributed by atoms with Crippen LogP contribution < -0.4 is 5.32 Å². The fourth-order valence-electron chi connectivity index (χ4n) is 3.51. The van der Waals surface area contributed by atoms with Crippen molar-refractivity contribution in [3.63, 3.8) is 0 Å². The van der Waals surface area contributed by atoms with Gasteiger partial charge >= 0.3 is 0 Å². The number of hydrogen-bond acceptors (Lipinski definition) is 4. The van der Waals surface area contributed by atoms with Crippen molar-refractivity contribution in [2.24, 2.45) is 17.8 Å². The first-order valence-corrected chi connectivity index (χ1v) is 9.91. The Morgan fingerprint density at radius 2 is 2.00 bits per heavy atom. The highest BCUT2D eigenvalue weighted by Gasteiger charge is 2.34. The highest BCUT2D eigenvalue weighted by Crippen LogP contribution is 2.32. The van der Waals surface area contributed by atoms with Gasteiger partial charge in [-0.3, -0.25) is 0 Å². The number of hydrogen-bond donors (Lipinski definition) is 1. The average Bonchev–Trinajstić information content (AvgIpc) is 2.79. The molecule has 0 aromatic rings. The molecule has 2 fully saturated rings. The third kappa shape index (κ3) is 5.01. The monoisotopic (exact) mass is 303 g/mol. The summed E-state index contributed by atoms with van der Waals surface area (Å²) in [5.74, 6) is 2.42. The molecule has 0 aromatic carbocycles. The predicted molar refractivity (Wildman–Crippen MR) is 81.6 cm³/mol. The van der Waals surface area contributed by atoms with Crippen LogP contribution in [0.2, 0.25) is 0 Å². The standard InChI is InChI=1S/C15H29NO3S/c1-2-6-16-11-15(10-13-3-7-19-8-4-13)14-5-9-20(17,18)12-14/h13-16H,2-12H2,1H3. The third-order valence-electron chi connectivity index (χ3n) is 4.74. The van der Waals surface area contributed by atoms with Crippen molar-refractivity contribution in [2.75, 3.05) is 37.8 Å². The molecule has 5 heteroatoms. The van der Waals surface area contributed by atoms with Gasteiger partial charge in [0, 0.05) is 13.2 Å². The summed E-state index contributed by atoms with van der Waals surface area (Å²) < 4.78 is 28.9. The molecule has 4 nitrogen and oxygen atoms in total. The van der Waals surface area contributed by atoms with Gasteiger partial charge in [-0.1, -0.05) is 6.92 Å². The molecule has 2 unspecified atom stereocenters. The quantitative estimate of drug-likeness (QED) is 0.729. The lowest BCUT2D eigenvalue weighted by Crippen LogP contribution is -2.32. The molecule has 2 aliphatic rings. The Labute approximate surface area is 123 Å². The van der Waals surface area contributed by atoms with Gasteiger partial charge in [-0.05, 0) is 62.9 Å². The lowest BCUT2D eigenvalue weighted by molar-refractivity contribution is 0.0553. The van der Waals surface area contributed by atoms with Crippen molar-refractivity contribution in [1.82, 2.24) is 5.32 Å². The number of sulfone groups is 1. The Morgan fingerprint density at radius 3 is 2.60 bits per heavy atom. The van der Waals surface area contributed by atoms with Crippen molar-refractivity contribution >= 4 is 9.84 Å². The summed E-state index contributed by atoms with van der Waals surface area (Å²) in [7, 11) is -2.76. The van der Waals surface area contributed by atoms with Crippen LogP contribution in [-0.2, 0) is 14.6 Å². The number of ether oxygens (including phenoxy) is 1. The predicted octanol–water partition coefficient (Wildman–Crippen LogP) is 1.85. The molecular weight excluding hydrogens is 274 g/mol. The van der Waals surface area contributed by atoms with Crippen molar-refractivity contribution in [1.29, 1.82) is 0 Å². The minimum Gasteiger partial charge on any atom is -0.381 e. The molecule has 20 heavy (non-hydrogen) atoms. The normalized spacial score (nSPS) is 28.6. The van der Waals surface area contributed by atoms with Crippen LogP contribution in [0, 0.1) is 17.8 Å². The zero-order valence-electron chi connectivity index (χ0n) is 12.6. The second-order valence-electron chi connectivity index (χ2n) is 6.42. The van der Waals surface area contributed by atoms with Gasteiger partial charge in [-0.15, -0.1) is 0 Å². The summed E-state index contributed by atoms with van der Waals surface area (Å²) >= 11 is 0. The van der Waals surface area contributed by atoms with Gasteiger partial charge < -0.3 is 10.1 Å². The van der Waals surface area contributed by atoms with E-state index >= 15 is 0 Å². The summed E-state index contributed by atoms with van der Waals surface area (Å²) in [6.45, 7) is 5.93. The van der Waals surface area contributed by atoms with E-state index in [4.69, 9.17) is 4.74 Å². The van der Waals surface area contributed by atoms with Crippen molar-refractivity contribution in [2.45, 2.75) is 39.0 Å². The fraction of sp³-hybridized carbons (Fsp3) is 1.00. The largest absolute Gasteiger partial charge is 0.381 e. The summed E-state index contributed by atoms with van der Waals surface area (Å²) in [5.41, 5.74) is 0. The molecule has 0 radical (unpaired) electrons. The molecule has 0 aromatic heterocycles. The lowest BCUT2D eigenvalue weighted by atomic mass is 9.81. The fourth-order valence-corrected chi connectivity index (χ4v) is 5.43. The molecule has 0 aliphatic carbocycles. The maximum absolute atomic E-state index is 11.7. The van der Waals surface area contributed by atoms with E-state index < -0.39 is 9.84 Å². The van der Waals surface area contributed by atoms with Gasteiger partial charge in [0.25, 0.3) is 0 Å². The average molecular weight is 303 g/mol. The van der Waals surface area contributed by atoms with Crippen molar-refractivity contribution in [3.05, 3.63) is 0 Å². The zero-order chi connectivity index (χ0) is 14.4. The lowest BCUT2D eigenvalue weighted by Gasteiger charge is -2.30. The molecule has 2 rings (SSSR count). The number of nitrogens with one attached hydrogen (secondary N) is 1. The van der Waals surface area contributed by atoms with Crippen LogP contribution in [0.1, 0.15) is 39.0 Å². The second kappa shape index (κ2) is 7.76. The van der Waals surface area contributed by atoms with E-state index in [2.05, 4.69) is 12.2 Å². The molecule has 0 bridgehead atoms. The van der Waals surface area contributed by atoms with Crippen LogP contribution in [-0.4, -0.2) is 46.2 Å². The summed E-state index contributed by atoms with van der Waals surface area (Å²) in [5, 5.41) is 3.50. The van der Waals surface area contributed by atoms with Crippen LogP contribution >= 0.6 is 0 Å². The molecule has 2 saturated heterocycles. The van der Waals surface area contributed by atoms with E-state index in [1.807, 2.05) is 0 Å². The van der Waals surface area contributed by atoms with E-state index in [9.17, 15) is 8.42 Å². The SMILES string of the molecule is CCCNCC(CC1CCOCC1)C1CCS(=O)(=O)C1. The summed E-state index contributed by atoms with van der Waals surface area (Å²) in [4.78, 5) is 0. The van der Waals surface area contributed by atoms with Crippen molar-refractivity contribution < 1.29 is 13.2 Å². The van der Waals surface area contributed by atoms with Crippen LogP contribution in [0.15, 0.2) is 0 Å². The minimum absolute atomic E-state index is 0.368. The molecule has 2 aliphatic heterocycles. The minimum atomic E-state index is -2.76. The third-order valence-corrected chi connectivity index (χ3v) is 6.54. The van der Waals surface area contributed by atoms with E-state index in [1.165, 1.54) is 6.42 Å². The van der Waals surface area contributed by atoms with Gasteiger partial charge in [0.05, 0.1) is 11.5 Å². The number of rotatable bonds is 7. The Balaban J connectivity index is 1.89. The smallest absolute Gasteiger partial charge is 0.150 e. The first-order valence-electron chi connectivity index (χ1n) is 8.09. The maximum Gasteiger partial charge on any atom is 0.150 e. The van der Waals surface area contributed by atoms with E-state index in [1.54, 1.807) is 0 Å². The van der Waals surface area contributed by atoms with E-state index in [0.29, 0.717) is 23.3 Å². The Hall–Kier alpha value is -0.130. The van der Waals surface area contributed by atoms with Gasteiger partial charge in [0.2, 0.25) is 0 Å². The highest BCUT2D eigenvalue weighted by molar-refractivity contribution is 7.91. The Kier molecular flexibility index (Phi) is 6.30. The second-order valence-corrected chi connectivity index (χ2v) is 8.65. The van der Waals surface area contributed by atoms with Crippen LogP contribution in [0.25, 0.3) is 0 Å². The molecule has 0 amide bonds. The molecule has 1 N–H and O–H groups in total. The summed E-state index contributed by atoms with van der Waals surface area (Å²) in [6.07, 6.45) is 5.45. The Morgan fingerprint density at radius 1 is 1.25 bits per heavy atom. The molecule has 0 spiro atoms. The first kappa shape index (κ1) is 16.2. The zero-order valence-corrected chi connectivity index (χ0v) is 13.5.